The Morgan fingerprint density at radius 2 is 1.82 bits per heavy atom. The van der Waals surface area contributed by atoms with Crippen molar-refractivity contribution in [2.45, 2.75) is 46.5 Å². The van der Waals surface area contributed by atoms with Gasteiger partial charge in [0.15, 0.2) is 0 Å². The molecule has 65 valence electrons. The Morgan fingerprint density at radius 1 is 1.18 bits per heavy atom. The van der Waals surface area contributed by atoms with E-state index in [1.165, 1.54) is 19.3 Å². The topological polar surface area (TPSA) is 0 Å². The highest BCUT2D eigenvalue weighted by Gasteiger charge is 2.07. The van der Waals surface area contributed by atoms with E-state index in [0.29, 0.717) is 5.41 Å². The first kappa shape index (κ1) is 10.7. The molecule has 0 N–H and O–H groups in total. The molecule has 0 atom stereocenters. The standard InChI is InChI=1S/C11H21/c1-5-6-7-8-9-10-11(2,3)4/h6-7H,1,5,8-10H2,2-4H3/b7-6+. The molecule has 0 fully saturated rings. The summed E-state index contributed by atoms with van der Waals surface area (Å²) in [6.45, 7) is 10.6. The van der Waals surface area contributed by atoms with Gasteiger partial charge in [-0.25, -0.2) is 0 Å². The lowest BCUT2D eigenvalue weighted by Gasteiger charge is -2.16. The first-order valence-corrected chi connectivity index (χ1v) is 4.50. The fourth-order valence-electron chi connectivity index (χ4n) is 0.986. The van der Waals surface area contributed by atoms with Gasteiger partial charge in [0.2, 0.25) is 0 Å². The van der Waals surface area contributed by atoms with Crippen molar-refractivity contribution in [3.63, 3.8) is 0 Å². The zero-order chi connectivity index (χ0) is 8.74. The molecule has 0 saturated carbocycles. The van der Waals surface area contributed by atoms with E-state index in [9.17, 15) is 0 Å². The van der Waals surface area contributed by atoms with Crippen molar-refractivity contribution >= 4 is 0 Å². The third-order valence-corrected chi connectivity index (χ3v) is 1.63. The summed E-state index contributed by atoms with van der Waals surface area (Å²) in [6, 6.07) is 0. The second-order valence-electron chi connectivity index (χ2n) is 4.21. The molecule has 0 unspecified atom stereocenters. The van der Waals surface area contributed by atoms with E-state index in [2.05, 4.69) is 39.8 Å². The lowest BCUT2D eigenvalue weighted by Crippen LogP contribution is -2.03. The second-order valence-corrected chi connectivity index (χ2v) is 4.21. The SMILES string of the molecule is [CH2]C/C=C/CCCC(C)(C)C. The quantitative estimate of drug-likeness (QED) is 0.423. The predicted octanol–water partition coefficient (Wildman–Crippen LogP) is 3.98. The average Bonchev–Trinajstić information content (AvgIpc) is 1.85. The van der Waals surface area contributed by atoms with Crippen molar-refractivity contribution in [3.05, 3.63) is 19.1 Å². The molecule has 0 aromatic carbocycles. The fraction of sp³-hybridized carbons (Fsp3) is 0.727. The van der Waals surface area contributed by atoms with E-state index in [0.717, 1.165) is 6.42 Å². The lowest BCUT2D eigenvalue weighted by atomic mass is 9.90. The molecule has 0 aromatic heterocycles. The molecule has 0 heteroatoms. The van der Waals surface area contributed by atoms with Crippen LogP contribution in [0.5, 0.6) is 0 Å². The molecule has 0 aliphatic carbocycles. The summed E-state index contributed by atoms with van der Waals surface area (Å²) in [5.74, 6) is 0. The molecule has 0 bridgehead atoms. The van der Waals surface area contributed by atoms with Crippen LogP contribution in [-0.4, -0.2) is 0 Å². The van der Waals surface area contributed by atoms with E-state index < -0.39 is 0 Å². The first-order valence-electron chi connectivity index (χ1n) is 4.50. The van der Waals surface area contributed by atoms with Crippen molar-refractivity contribution in [2.75, 3.05) is 0 Å². The zero-order valence-corrected chi connectivity index (χ0v) is 8.19. The molecule has 11 heavy (non-hydrogen) atoms. The molecule has 0 rings (SSSR count). The van der Waals surface area contributed by atoms with E-state index >= 15 is 0 Å². The van der Waals surface area contributed by atoms with Gasteiger partial charge in [0.25, 0.3) is 0 Å². The van der Waals surface area contributed by atoms with Crippen LogP contribution in [0.3, 0.4) is 0 Å². The predicted molar refractivity (Wildman–Crippen MR) is 52.4 cm³/mol. The van der Waals surface area contributed by atoms with Crippen LogP contribution in [0.15, 0.2) is 12.2 Å². The highest BCUT2D eigenvalue weighted by Crippen LogP contribution is 2.21. The highest BCUT2D eigenvalue weighted by molar-refractivity contribution is 4.82. The molecular formula is C11H21. The number of hydrogen-bond donors (Lipinski definition) is 0. The van der Waals surface area contributed by atoms with Gasteiger partial charge in [-0.1, -0.05) is 32.9 Å². The van der Waals surface area contributed by atoms with Gasteiger partial charge < -0.3 is 0 Å². The monoisotopic (exact) mass is 153 g/mol. The fourth-order valence-corrected chi connectivity index (χ4v) is 0.986. The smallest absolute Gasteiger partial charge is 0.0351 e. The summed E-state index contributed by atoms with van der Waals surface area (Å²) < 4.78 is 0. The maximum atomic E-state index is 3.75. The van der Waals surface area contributed by atoms with Crippen LogP contribution in [0, 0.1) is 12.3 Å². The Balaban J connectivity index is 3.21. The summed E-state index contributed by atoms with van der Waals surface area (Å²) in [6.07, 6.45) is 9.14. The van der Waals surface area contributed by atoms with Crippen LogP contribution in [-0.2, 0) is 0 Å². The van der Waals surface area contributed by atoms with Crippen molar-refractivity contribution in [1.82, 2.24) is 0 Å². The van der Waals surface area contributed by atoms with Crippen molar-refractivity contribution < 1.29 is 0 Å². The van der Waals surface area contributed by atoms with E-state index in [-0.39, 0.29) is 0 Å². The summed E-state index contributed by atoms with van der Waals surface area (Å²) in [7, 11) is 0. The van der Waals surface area contributed by atoms with Gasteiger partial charge in [-0.15, -0.1) is 0 Å². The third kappa shape index (κ3) is 9.74. The van der Waals surface area contributed by atoms with E-state index in [1.807, 2.05) is 0 Å². The van der Waals surface area contributed by atoms with Gasteiger partial charge in [-0.05, 0) is 38.0 Å². The van der Waals surface area contributed by atoms with Crippen molar-refractivity contribution in [2.24, 2.45) is 5.41 Å². The molecule has 0 aromatic rings. The molecule has 0 saturated heterocycles. The summed E-state index contributed by atoms with van der Waals surface area (Å²) in [5, 5.41) is 0. The molecule has 0 heterocycles. The van der Waals surface area contributed by atoms with Crippen LogP contribution in [0.1, 0.15) is 46.5 Å². The Bertz CT molecular complexity index is 104. The third-order valence-electron chi connectivity index (χ3n) is 1.63. The molecule has 0 aliphatic heterocycles. The van der Waals surface area contributed by atoms with E-state index in [1.54, 1.807) is 0 Å². The van der Waals surface area contributed by atoms with Crippen LogP contribution in [0.25, 0.3) is 0 Å². The van der Waals surface area contributed by atoms with Gasteiger partial charge in [0, 0.05) is 0 Å². The van der Waals surface area contributed by atoms with Crippen LogP contribution in [0.2, 0.25) is 0 Å². The van der Waals surface area contributed by atoms with Gasteiger partial charge in [-0.3, -0.25) is 0 Å². The number of unbranched alkanes of at least 4 members (excludes halogenated alkanes) is 1. The highest BCUT2D eigenvalue weighted by atomic mass is 14.1. The van der Waals surface area contributed by atoms with Gasteiger partial charge in [0.05, 0.1) is 0 Å². The first-order chi connectivity index (χ1) is 5.06. The molecule has 0 nitrogen and oxygen atoms in total. The Hall–Kier alpha value is -0.260. The number of allylic oxidation sites excluding steroid dienone is 2. The lowest BCUT2D eigenvalue weighted by molar-refractivity contribution is 0.367. The Morgan fingerprint density at radius 3 is 2.27 bits per heavy atom. The van der Waals surface area contributed by atoms with Crippen LogP contribution < -0.4 is 0 Å². The van der Waals surface area contributed by atoms with Gasteiger partial charge >= 0.3 is 0 Å². The largest absolute Gasteiger partial charge is 0.0885 e. The minimum atomic E-state index is 0.498. The normalized spacial score (nSPS) is 12.7. The zero-order valence-electron chi connectivity index (χ0n) is 8.19. The minimum absolute atomic E-state index is 0.498. The molecular weight excluding hydrogens is 132 g/mol. The molecule has 0 aliphatic rings. The van der Waals surface area contributed by atoms with Crippen molar-refractivity contribution in [1.29, 1.82) is 0 Å². The summed E-state index contributed by atoms with van der Waals surface area (Å²) in [4.78, 5) is 0. The number of hydrogen-bond acceptors (Lipinski definition) is 0. The number of rotatable bonds is 4. The average molecular weight is 153 g/mol. The van der Waals surface area contributed by atoms with Crippen LogP contribution >= 0.6 is 0 Å². The van der Waals surface area contributed by atoms with Gasteiger partial charge in [-0.2, -0.15) is 0 Å². The Kier molecular flexibility index (Phi) is 5.27. The maximum absolute atomic E-state index is 3.75. The minimum Gasteiger partial charge on any atom is -0.0885 e. The van der Waals surface area contributed by atoms with Crippen LogP contribution in [0.4, 0.5) is 0 Å². The molecule has 0 spiro atoms. The Labute approximate surface area is 71.7 Å². The van der Waals surface area contributed by atoms with Gasteiger partial charge in [0.1, 0.15) is 0 Å². The molecule has 1 radical (unpaired) electrons. The van der Waals surface area contributed by atoms with E-state index in [4.69, 9.17) is 0 Å². The maximum Gasteiger partial charge on any atom is -0.0351 e. The summed E-state index contributed by atoms with van der Waals surface area (Å²) in [5.41, 5.74) is 0.498. The molecule has 0 amide bonds. The second kappa shape index (κ2) is 5.40. The van der Waals surface area contributed by atoms with Crippen molar-refractivity contribution in [3.8, 4) is 0 Å². The summed E-state index contributed by atoms with van der Waals surface area (Å²) >= 11 is 0.